The van der Waals surface area contributed by atoms with Crippen LogP contribution in [0.4, 0.5) is 5.69 Å². The highest BCUT2D eigenvalue weighted by Gasteiger charge is 1.99. The van der Waals surface area contributed by atoms with Crippen molar-refractivity contribution in [3.8, 4) is 11.5 Å². The third-order valence-electron chi connectivity index (χ3n) is 3.34. The van der Waals surface area contributed by atoms with E-state index in [1.54, 1.807) is 20.4 Å². The SMILES string of the molecule is COc1ccc(N=Cc2ccc3cc(OC)ccc3n2)cc1. The van der Waals surface area contributed by atoms with Crippen LogP contribution in [0.1, 0.15) is 5.69 Å². The van der Waals surface area contributed by atoms with Gasteiger partial charge in [0.05, 0.1) is 37.3 Å². The van der Waals surface area contributed by atoms with Crippen molar-refractivity contribution in [3.05, 3.63) is 60.3 Å². The molecule has 0 bridgehead atoms. The Balaban J connectivity index is 1.84. The monoisotopic (exact) mass is 292 g/mol. The lowest BCUT2D eigenvalue weighted by atomic mass is 10.2. The highest BCUT2D eigenvalue weighted by Crippen LogP contribution is 2.20. The minimum atomic E-state index is 0.813. The van der Waals surface area contributed by atoms with Gasteiger partial charge in [-0.2, -0.15) is 0 Å². The molecule has 0 aliphatic rings. The molecule has 0 radical (unpaired) electrons. The molecule has 3 aromatic rings. The second kappa shape index (κ2) is 6.26. The molecule has 0 aliphatic carbocycles. The van der Waals surface area contributed by atoms with E-state index >= 15 is 0 Å². The Hall–Kier alpha value is -2.88. The smallest absolute Gasteiger partial charge is 0.119 e. The lowest BCUT2D eigenvalue weighted by Crippen LogP contribution is -1.89. The van der Waals surface area contributed by atoms with E-state index in [2.05, 4.69) is 9.98 Å². The molecule has 0 aliphatic heterocycles. The van der Waals surface area contributed by atoms with E-state index in [1.807, 2.05) is 54.6 Å². The predicted molar refractivity (Wildman–Crippen MR) is 88.5 cm³/mol. The predicted octanol–water partition coefficient (Wildman–Crippen LogP) is 4.00. The Labute approximate surface area is 129 Å². The Morgan fingerprint density at radius 1 is 0.864 bits per heavy atom. The molecule has 0 atom stereocenters. The average molecular weight is 292 g/mol. The van der Waals surface area contributed by atoms with Crippen LogP contribution in [0.25, 0.3) is 10.9 Å². The molecular weight excluding hydrogens is 276 g/mol. The Bertz CT molecular complexity index is 811. The van der Waals surface area contributed by atoms with Crippen LogP contribution >= 0.6 is 0 Å². The lowest BCUT2D eigenvalue weighted by Gasteiger charge is -2.02. The van der Waals surface area contributed by atoms with Crippen molar-refractivity contribution in [1.29, 1.82) is 0 Å². The number of methoxy groups -OCH3 is 2. The van der Waals surface area contributed by atoms with Gasteiger partial charge in [0.1, 0.15) is 11.5 Å². The molecule has 1 aromatic heterocycles. The molecule has 0 saturated carbocycles. The fourth-order valence-electron chi connectivity index (χ4n) is 2.13. The zero-order valence-corrected chi connectivity index (χ0v) is 12.5. The Morgan fingerprint density at radius 3 is 2.32 bits per heavy atom. The Kier molecular flexibility index (Phi) is 4.01. The van der Waals surface area contributed by atoms with E-state index in [9.17, 15) is 0 Å². The Morgan fingerprint density at radius 2 is 1.59 bits per heavy atom. The maximum Gasteiger partial charge on any atom is 0.119 e. The molecule has 0 saturated heterocycles. The van der Waals surface area contributed by atoms with E-state index in [0.29, 0.717) is 0 Å². The molecular formula is C18H16N2O2. The summed E-state index contributed by atoms with van der Waals surface area (Å²) in [6.07, 6.45) is 1.76. The highest BCUT2D eigenvalue weighted by molar-refractivity contribution is 5.86. The molecule has 2 aromatic carbocycles. The standard InChI is InChI=1S/C18H16N2O2/c1-21-16-7-5-14(6-8-16)19-12-15-4-3-13-11-17(22-2)9-10-18(13)20-15/h3-12H,1-2H3. The summed E-state index contributed by atoms with van der Waals surface area (Å²) < 4.78 is 10.3. The second-order valence-corrected chi connectivity index (χ2v) is 4.75. The first kappa shape index (κ1) is 14.1. The minimum absolute atomic E-state index is 0.813. The van der Waals surface area contributed by atoms with Crippen LogP contribution in [0.2, 0.25) is 0 Å². The summed E-state index contributed by atoms with van der Waals surface area (Å²) in [5.74, 6) is 1.64. The highest BCUT2D eigenvalue weighted by atomic mass is 16.5. The van der Waals surface area contributed by atoms with Crippen molar-refractivity contribution in [1.82, 2.24) is 4.98 Å². The van der Waals surface area contributed by atoms with Crippen molar-refractivity contribution in [2.24, 2.45) is 4.99 Å². The zero-order chi connectivity index (χ0) is 15.4. The van der Waals surface area contributed by atoms with Gasteiger partial charge in [0.2, 0.25) is 0 Å². The largest absolute Gasteiger partial charge is 0.497 e. The molecule has 0 fully saturated rings. The van der Waals surface area contributed by atoms with E-state index < -0.39 is 0 Å². The van der Waals surface area contributed by atoms with Crippen LogP contribution in [-0.4, -0.2) is 25.4 Å². The number of aliphatic imine (C=N–C) groups is 1. The first-order chi connectivity index (χ1) is 10.8. The van der Waals surface area contributed by atoms with Crippen LogP contribution in [0.3, 0.4) is 0 Å². The molecule has 1 heterocycles. The number of hydrogen-bond acceptors (Lipinski definition) is 4. The van der Waals surface area contributed by atoms with Crippen molar-refractivity contribution in [2.45, 2.75) is 0 Å². The fourth-order valence-corrected chi connectivity index (χ4v) is 2.13. The minimum Gasteiger partial charge on any atom is -0.497 e. The van der Waals surface area contributed by atoms with Crippen LogP contribution in [-0.2, 0) is 0 Å². The molecule has 4 heteroatoms. The number of fused-ring (bicyclic) bond motifs is 1. The number of pyridine rings is 1. The van der Waals surface area contributed by atoms with E-state index in [-0.39, 0.29) is 0 Å². The maximum atomic E-state index is 5.21. The number of aromatic nitrogens is 1. The van der Waals surface area contributed by atoms with Crippen molar-refractivity contribution >= 4 is 22.8 Å². The van der Waals surface area contributed by atoms with Gasteiger partial charge in [0.15, 0.2) is 0 Å². The third kappa shape index (κ3) is 3.06. The van der Waals surface area contributed by atoms with Gasteiger partial charge in [0.25, 0.3) is 0 Å². The molecule has 0 spiro atoms. The topological polar surface area (TPSA) is 43.7 Å². The van der Waals surface area contributed by atoms with Gasteiger partial charge in [-0.25, -0.2) is 4.98 Å². The van der Waals surface area contributed by atoms with Crippen LogP contribution in [0.15, 0.2) is 59.6 Å². The maximum absolute atomic E-state index is 5.21. The van der Waals surface area contributed by atoms with Crippen LogP contribution in [0.5, 0.6) is 11.5 Å². The van der Waals surface area contributed by atoms with Gasteiger partial charge >= 0.3 is 0 Å². The molecule has 3 rings (SSSR count). The zero-order valence-electron chi connectivity index (χ0n) is 12.5. The van der Waals surface area contributed by atoms with E-state index in [0.717, 1.165) is 33.8 Å². The number of benzene rings is 2. The quantitative estimate of drug-likeness (QED) is 0.683. The summed E-state index contributed by atoms with van der Waals surface area (Å²) in [6, 6.07) is 17.3. The fraction of sp³-hybridized carbons (Fsp3) is 0.111. The summed E-state index contributed by atoms with van der Waals surface area (Å²) in [4.78, 5) is 8.99. The molecule has 0 unspecified atom stereocenters. The summed E-state index contributed by atoms with van der Waals surface area (Å²) in [7, 11) is 3.30. The van der Waals surface area contributed by atoms with Gasteiger partial charge in [-0.15, -0.1) is 0 Å². The second-order valence-electron chi connectivity index (χ2n) is 4.75. The first-order valence-corrected chi connectivity index (χ1v) is 6.91. The molecule has 110 valence electrons. The van der Waals surface area contributed by atoms with Crippen molar-refractivity contribution < 1.29 is 9.47 Å². The van der Waals surface area contributed by atoms with Gasteiger partial charge in [0, 0.05) is 5.39 Å². The van der Waals surface area contributed by atoms with Gasteiger partial charge in [-0.05, 0) is 48.5 Å². The average Bonchev–Trinajstić information content (AvgIpc) is 2.59. The molecule has 0 amide bonds. The molecule has 22 heavy (non-hydrogen) atoms. The van der Waals surface area contributed by atoms with E-state index in [4.69, 9.17) is 9.47 Å². The van der Waals surface area contributed by atoms with Gasteiger partial charge in [-0.1, -0.05) is 6.07 Å². The summed E-state index contributed by atoms with van der Waals surface area (Å²) in [5.41, 5.74) is 2.59. The summed E-state index contributed by atoms with van der Waals surface area (Å²) in [5, 5.41) is 1.04. The van der Waals surface area contributed by atoms with Crippen molar-refractivity contribution in [3.63, 3.8) is 0 Å². The molecule has 0 N–H and O–H groups in total. The van der Waals surface area contributed by atoms with E-state index in [1.165, 1.54) is 0 Å². The summed E-state index contributed by atoms with van der Waals surface area (Å²) >= 11 is 0. The van der Waals surface area contributed by atoms with Crippen LogP contribution in [0, 0.1) is 0 Å². The number of rotatable bonds is 4. The number of hydrogen-bond donors (Lipinski definition) is 0. The third-order valence-corrected chi connectivity index (χ3v) is 3.34. The normalized spacial score (nSPS) is 11.0. The number of ether oxygens (including phenoxy) is 2. The lowest BCUT2D eigenvalue weighted by molar-refractivity contribution is 0.415. The van der Waals surface area contributed by atoms with Gasteiger partial charge < -0.3 is 9.47 Å². The van der Waals surface area contributed by atoms with Crippen molar-refractivity contribution in [2.75, 3.05) is 14.2 Å². The van der Waals surface area contributed by atoms with Crippen LogP contribution < -0.4 is 9.47 Å². The molecule has 4 nitrogen and oxygen atoms in total. The van der Waals surface area contributed by atoms with Gasteiger partial charge in [-0.3, -0.25) is 4.99 Å². The first-order valence-electron chi connectivity index (χ1n) is 6.91. The number of nitrogens with zero attached hydrogens (tertiary/aromatic N) is 2. The summed E-state index contributed by atoms with van der Waals surface area (Å²) in [6.45, 7) is 0.